The Morgan fingerprint density at radius 3 is 2.73 bits per heavy atom. The molecule has 0 aliphatic rings. The Morgan fingerprint density at radius 2 is 1.96 bits per heavy atom. The fourth-order valence-corrected chi connectivity index (χ4v) is 2.39. The van der Waals surface area contributed by atoms with Crippen molar-refractivity contribution in [2.24, 2.45) is 4.99 Å². The van der Waals surface area contributed by atoms with E-state index in [0.717, 1.165) is 23.4 Å². The number of ether oxygens (including phenoxy) is 2. The fourth-order valence-electron chi connectivity index (χ4n) is 2.39. The van der Waals surface area contributed by atoms with Crippen molar-refractivity contribution >= 4 is 5.96 Å². The van der Waals surface area contributed by atoms with Gasteiger partial charge in [0, 0.05) is 18.7 Å². The van der Waals surface area contributed by atoms with Crippen LogP contribution >= 0.6 is 0 Å². The van der Waals surface area contributed by atoms with Crippen LogP contribution in [0.2, 0.25) is 0 Å². The van der Waals surface area contributed by atoms with E-state index in [1.807, 2.05) is 37.3 Å². The number of halogens is 1. The Hall–Kier alpha value is -2.60. The van der Waals surface area contributed by atoms with Crippen molar-refractivity contribution in [2.75, 3.05) is 26.8 Å². The molecule has 2 N–H and O–H groups in total. The van der Waals surface area contributed by atoms with Crippen LogP contribution in [0.15, 0.2) is 53.5 Å². The van der Waals surface area contributed by atoms with Crippen LogP contribution in [0.5, 0.6) is 5.75 Å². The van der Waals surface area contributed by atoms with Crippen LogP contribution in [0.4, 0.5) is 4.39 Å². The minimum absolute atomic E-state index is 0.250. The second-order valence-corrected chi connectivity index (χ2v) is 5.62. The second kappa shape index (κ2) is 11.1. The molecule has 2 rings (SSSR count). The number of hydrogen-bond acceptors (Lipinski definition) is 3. The van der Waals surface area contributed by atoms with E-state index >= 15 is 0 Å². The number of benzene rings is 2. The first kappa shape index (κ1) is 19.7. The smallest absolute Gasteiger partial charge is 0.191 e. The van der Waals surface area contributed by atoms with E-state index in [2.05, 4.69) is 15.6 Å². The fraction of sp³-hybridized carbons (Fsp3) is 0.350. The van der Waals surface area contributed by atoms with Gasteiger partial charge in [0.1, 0.15) is 11.6 Å². The summed E-state index contributed by atoms with van der Waals surface area (Å²) >= 11 is 0. The molecule has 0 amide bonds. The van der Waals surface area contributed by atoms with E-state index in [4.69, 9.17) is 9.47 Å². The quantitative estimate of drug-likeness (QED) is 0.410. The highest BCUT2D eigenvalue weighted by Crippen LogP contribution is 2.17. The highest BCUT2D eigenvalue weighted by Gasteiger charge is 2.02. The summed E-state index contributed by atoms with van der Waals surface area (Å²) < 4.78 is 24.2. The molecule has 2 aromatic carbocycles. The van der Waals surface area contributed by atoms with E-state index in [1.54, 1.807) is 13.2 Å². The molecular weight excluding hydrogens is 333 g/mol. The van der Waals surface area contributed by atoms with Gasteiger partial charge in [0.25, 0.3) is 0 Å². The van der Waals surface area contributed by atoms with Gasteiger partial charge in [0.2, 0.25) is 0 Å². The maximum absolute atomic E-state index is 13.2. The molecule has 0 saturated carbocycles. The molecule has 26 heavy (non-hydrogen) atoms. The molecule has 2 aromatic rings. The molecule has 0 aliphatic carbocycles. The van der Waals surface area contributed by atoms with Gasteiger partial charge >= 0.3 is 0 Å². The molecular formula is C20H26FN3O2. The van der Waals surface area contributed by atoms with Gasteiger partial charge in [-0.15, -0.1) is 0 Å². The molecule has 140 valence electrons. The molecule has 0 heterocycles. The minimum Gasteiger partial charge on any atom is -0.496 e. The predicted molar refractivity (Wildman–Crippen MR) is 102 cm³/mol. The third-order valence-electron chi connectivity index (χ3n) is 3.64. The Balaban J connectivity index is 1.76. The van der Waals surface area contributed by atoms with Crippen molar-refractivity contribution in [3.05, 3.63) is 65.5 Å². The monoisotopic (exact) mass is 359 g/mol. The molecule has 6 heteroatoms. The van der Waals surface area contributed by atoms with Crippen molar-refractivity contribution in [3.8, 4) is 5.75 Å². The van der Waals surface area contributed by atoms with Crippen molar-refractivity contribution < 1.29 is 13.9 Å². The van der Waals surface area contributed by atoms with Crippen molar-refractivity contribution in [1.82, 2.24) is 10.6 Å². The van der Waals surface area contributed by atoms with E-state index in [-0.39, 0.29) is 5.82 Å². The standard InChI is InChI=1S/C20H26FN3O2/c1-3-22-20(24-14-16-7-6-9-18(21)13-16)23-11-12-26-15-17-8-4-5-10-19(17)25-2/h4-10,13H,3,11-12,14-15H2,1-2H3,(H2,22,23,24). The van der Waals surface area contributed by atoms with Gasteiger partial charge in [-0.2, -0.15) is 0 Å². The van der Waals surface area contributed by atoms with E-state index in [1.165, 1.54) is 12.1 Å². The molecule has 0 unspecified atom stereocenters. The third kappa shape index (κ3) is 6.72. The van der Waals surface area contributed by atoms with E-state index in [9.17, 15) is 4.39 Å². The first-order valence-electron chi connectivity index (χ1n) is 8.69. The number of nitrogens with one attached hydrogen (secondary N) is 2. The van der Waals surface area contributed by atoms with Crippen LogP contribution in [-0.4, -0.2) is 32.8 Å². The van der Waals surface area contributed by atoms with Gasteiger partial charge in [-0.1, -0.05) is 30.3 Å². The Bertz CT molecular complexity index is 707. The number of guanidine groups is 1. The van der Waals surface area contributed by atoms with Gasteiger partial charge in [-0.05, 0) is 30.7 Å². The van der Waals surface area contributed by atoms with Gasteiger partial charge in [0.15, 0.2) is 5.96 Å². The normalized spacial score (nSPS) is 11.3. The Morgan fingerprint density at radius 1 is 1.12 bits per heavy atom. The van der Waals surface area contributed by atoms with Crippen molar-refractivity contribution in [3.63, 3.8) is 0 Å². The summed E-state index contributed by atoms with van der Waals surface area (Å²) in [6.07, 6.45) is 0. The molecule has 0 aromatic heterocycles. The largest absolute Gasteiger partial charge is 0.496 e. The lowest BCUT2D eigenvalue weighted by Gasteiger charge is -2.12. The number of aliphatic imine (C=N–C) groups is 1. The maximum Gasteiger partial charge on any atom is 0.191 e. The number of rotatable bonds is 9. The molecule has 0 aliphatic heterocycles. The lowest BCUT2D eigenvalue weighted by atomic mass is 10.2. The molecule has 0 atom stereocenters. The lowest BCUT2D eigenvalue weighted by molar-refractivity contribution is 0.123. The average molecular weight is 359 g/mol. The lowest BCUT2D eigenvalue weighted by Crippen LogP contribution is -2.38. The number of para-hydroxylation sites is 1. The predicted octanol–water partition coefficient (Wildman–Crippen LogP) is 3.11. The summed E-state index contributed by atoms with van der Waals surface area (Å²) in [6, 6.07) is 14.2. The molecule has 0 saturated heterocycles. The molecule has 0 radical (unpaired) electrons. The van der Waals surface area contributed by atoms with Crippen LogP contribution < -0.4 is 15.4 Å². The van der Waals surface area contributed by atoms with Crippen LogP contribution in [0.1, 0.15) is 18.1 Å². The Kier molecular flexibility index (Phi) is 8.42. The van der Waals surface area contributed by atoms with E-state index < -0.39 is 0 Å². The molecule has 0 bridgehead atoms. The zero-order chi connectivity index (χ0) is 18.6. The molecule has 0 spiro atoms. The maximum atomic E-state index is 13.2. The zero-order valence-electron chi connectivity index (χ0n) is 15.3. The van der Waals surface area contributed by atoms with Crippen LogP contribution in [0.25, 0.3) is 0 Å². The van der Waals surface area contributed by atoms with Crippen LogP contribution in [0.3, 0.4) is 0 Å². The zero-order valence-corrected chi connectivity index (χ0v) is 15.3. The summed E-state index contributed by atoms with van der Waals surface area (Å²) in [4.78, 5) is 4.46. The first-order valence-corrected chi connectivity index (χ1v) is 8.69. The Labute approximate surface area is 154 Å². The van der Waals surface area contributed by atoms with Crippen LogP contribution in [0, 0.1) is 5.82 Å². The summed E-state index contributed by atoms with van der Waals surface area (Å²) in [6.45, 7) is 4.79. The summed E-state index contributed by atoms with van der Waals surface area (Å²) in [5.74, 6) is 1.25. The van der Waals surface area contributed by atoms with E-state index in [0.29, 0.717) is 32.3 Å². The summed E-state index contributed by atoms with van der Waals surface area (Å²) in [5.41, 5.74) is 1.84. The number of hydrogen-bond donors (Lipinski definition) is 2. The third-order valence-corrected chi connectivity index (χ3v) is 3.64. The number of methoxy groups -OCH3 is 1. The van der Waals surface area contributed by atoms with Crippen molar-refractivity contribution in [1.29, 1.82) is 0 Å². The van der Waals surface area contributed by atoms with Crippen LogP contribution in [-0.2, 0) is 17.9 Å². The molecule has 0 fully saturated rings. The highest BCUT2D eigenvalue weighted by molar-refractivity contribution is 5.79. The van der Waals surface area contributed by atoms with Gasteiger partial charge < -0.3 is 20.1 Å². The average Bonchev–Trinajstić information content (AvgIpc) is 2.66. The summed E-state index contributed by atoms with van der Waals surface area (Å²) in [5, 5.41) is 6.37. The van der Waals surface area contributed by atoms with Gasteiger partial charge in [0.05, 0.1) is 26.9 Å². The topological polar surface area (TPSA) is 54.9 Å². The highest BCUT2D eigenvalue weighted by atomic mass is 19.1. The molecule has 5 nitrogen and oxygen atoms in total. The van der Waals surface area contributed by atoms with Gasteiger partial charge in [-0.25, -0.2) is 9.38 Å². The number of nitrogens with zero attached hydrogens (tertiary/aromatic N) is 1. The minimum atomic E-state index is -0.250. The first-order chi connectivity index (χ1) is 12.7. The second-order valence-electron chi connectivity index (χ2n) is 5.62. The summed E-state index contributed by atoms with van der Waals surface area (Å²) in [7, 11) is 1.65. The SMILES string of the molecule is CCNC(=NCc1cccc(F)c1)NCCOCc1ccccc1OC. The van der Waals surface area contributed by atoms with Crippen molar-refractivity contribution in [2.45, 2.75) is 20.1 Å². The van der Waals surface area contributed by atoms with Gasteiger partial charge in [-0.3, -0.25) is 0 Å².